The number of rotatable bonds is 3. The molecule has 0 aromatic heterocycles. The number of piperidine rings is 1. The third kappa shape index (κ3) is 3.49. The van der Waals surface area contributed by atoms with E-state index >= 15 is 0 Å². The van der Waals surface area contributed by atoms with Gasteiger partial charge in [-0.2, -0.15) is 5.26 Å². The van der Waals surface area contributed by atoms with Crippen LogP contribution in [0.5, 0.6) is 11.5 Å². The summed E-state index contributed by atoms with van der Waals surface area (Å²) in [5.41, 5.74) is 0.601. The molecule has 0 bridgehead atoms. The Kier molecular flexibility index (Phi) is 6.20. The maximum atomic E-state index is 14.1. The van der Waals surface area contributed by atoms with Crippen molar-refractivity contribution in [2.45, 2.75) is 28.9 Å². The van der Waals surface area contributed by atoms with Gasteiger partial charge < -0.3 is 23.8 Å². The number of carbonyl (C=O) groups is 4. The minimum absolute atomic E-state index is 0.0407. The number of methoxy groups -OCH3 is 2. The van der Waals surface area contributed by atoms with Gasteiger partial charge in [0, 0.05) is 13.0 Å². The first-order valence-electron chi connectivity index (χ1n) is 10.3. The number of ether oxygens (including phenoxy) is 4. The average Bonchev–Trinajstić information content (AvgIpc) is 3.43. The normalized spacial score (nSPS) is 31.6. The fourth-order valence-corrected chi connectivity index (χ4v) is 7.07. The number of ketones is 1. The number of thioether (sulfide) groups is 2. The number of carbonyl (C=O) groups excluding carboxylic acids is 4. The highest BCUT2D eigenvalue weighted by molar-refractivity contribution is 8.15. The molecule has 10 nitrogen and oxygen atoms in total. The Morgan fingerprint density at radius 3 is 2.44 bits per heavy atom. The quantitative estimate of drug-likeness (QED) is 0.560. The Morgan fingerprint density at radius 2 is 1.79 bits per heavy atom. The first-order valence-corrected chi connectivity index (χ1v) is 11.9. The van der Waals surface area contributed by atoms with E-state index in [1.165, 1.54) is 33.1 Å². The molecular formula is C22H22N2O8S2. The average molecular weight is 507 g/mol. The molecule has 1 aliphatic carbocycles. The summed E-state index contributed by atoms with van der Waals surface area (Å²) in [6.07, 6.45) is -0.0407. The van der Waals surface area contributed by atoms with E-state index < -0.39 is 49.7 Å². The van der Waals surface area contributed by atoms with Crippen molar-refractivity contribution in [3.63, 3.8) is 0 Å². The van der Waals surface area contributed by atoms with Gasteiger partial charge in [-0.3, -0.25) is 9.59 Å². The van der Waals surface area contributed by atoms with Crippen LogP contribution in [0, 0.1) is 23.2 Å². The molecule has 180 valence electrons. The molecular weight excluding hydrogens is 484 g/mol. The van der Waals surface area contributed by atoms with Crippen molar-refractivity contribution in [1.82, 2.24) is 4.90 Å². The van der Waals surface area contributed by atoms with Gasteiger partial charge >= 0.3 is 10.6 Å². The van der Waals surface area contributed by atoms with Gasteiger partial charge in [-0.15, -0.1) is 0 Å². The molecule has 1 amide bonds. The van der Waals surface area contributed by atoms with E-state index in [1.807, 2.05) is 0 Å². The highest BCUT2D eigenvalue weighted by Gasteiger charge is 2.70. The molecule has 12 heteroatoms. The van der Waals surface area contributed by atoms with E-state index in [0.717, 1.165) is 0 Å². The van der Waals surface area contributed by atoms with Gasteiger partial charge in [-0.25, -0.2) is 9.59 Å². The van der Waals surface area contributed by atoms with E-state index in [0.29, 0.717) is 40.6 Å². The predicted molar refractivity (Wildman–Crippen MR) is 121 cm³/mol. The third-order valence-electron chi connectivity index (χ3n) is 6.69. The number of amides is 1. The van der Waals surface area contributed by atoms with Gasteiger partial charge in [0.2, 0.25) is 12.7 Å². The second-order valence-corrected chi connectivity index (χ2v) is 10.9. The molecule has 4 rings (SSSR count). The van der Waals surface area contributed by atoms with Gasteiger partial charge in [0.15, 0.2) is 22.2 Å². The van der Waals surface area contributed by atoms with Crippen molar-refractivity contribution < 1.29 is 38.1 Å². The fourth-order valence-electron chi connectivity index (χ4n) is 4.96. The van der Waals surface area contributed by atoms with Crippen molar-refractivity contribution in [2.75, 3.05) is 28.1 Å². The maximum Gasteiger partial charge on any atom is 0.369 e. The Hall–Kier alpha value is -2.91. The maximum absolute atomic E-state index is 14.1. The molecule has 3 aliphatic rings. The zero-order valence-corrected chi connectivity index (χ0v) is 20.5. The van der Waals surface area contributed by atoms with E-state index in [4.69, 9.17) is 18.9 Å². The summed E-state index contributed by atoms with van der Waals surface area (Å²) in [5, 5.41) is 8.57. The molecule has 1 saturated heterocycles. The number of Topliss-reactive ketones (excluding diaryl/α,β-unsaturated/α-hetero) is 1. The summed E-state index contributed by atoms with van der Waals surface area (Å²) >= 11 is 1.20. The van der Waals surface area contributed by atoms with Crippen molar-refractivity contribution in [3.05, 3.63) is 23.8 Å². The first-order chi connectivity index (χ1) is 16.1. The molecule has 0 N–H and O–H groups in total. The van der Waals surface area contributed by atoms with E-state index in [9.17, 15) is 24.4 Å². The number of likely N-dealkylation sites (tertiary alicyclic amines) is 1. The smallest absolute Gasteiger partial charge is 0.369 e. The predicted octanol–water partition coefficient (Wildman–Crippen LogP) is 3.15. The van der Waals surface area contributed by atoms with E-state index in [-0.39, 0.29) is 13.2 Å². The van der Waals surface area contributed by atoms with Gasteiger partial charge in [-0.1, -0.05) is 6.07 Å². The van der Waals surface area contributed by atoms with Crippen LogP contribution in [-0.2, 0) is 19.1 Å². The molecule has 2 aliphatic heterocycles. The molecule has 1 aromatic rings. The van der Waals surface area contributed by atoms with Crippen LogP contribution >= 0.6 is 23.5 Å². The Bertz CT molecular complexity index is 1120. The summed E-state index contributed by atoms with van der Waals surface area (Å²) in [6.45, 7) is 1.52. The molecule has 1 aromatic carbocycles. The van der Waals surface area contributed by atoms with E-state index in [2.05, 4.69) is 6.07 Å². The van der Waals surface area contributed by atoms with Crippen LogP contribution in [0.25, 0.3) is 0 Å². The molecule has 34 heavy (non-hydrogen) atoms. The molecule has 0 spiro atoms. The lowest BCUT2D eigenvalue weighted by atomic mass is 9.74. The molecule has 5 atom stereocenters. The summed E-state index contributed by atoms with van der Waals surface area (Å²) in [6, 6.07) is 7.33. The largest absolute Gasteiger partial charge is 0.461 e. The van der Waals surface area contributed by atoms with Crippen LogP contribution in [0.3, 0.4) is 0 Å². The lowest BCUT2D eigenvalue weighted by Gasteiger charge is -2.49. The van der Waals surface area contributed by atoms with Crippen LogP contribution in [0.4, 0.5) is 9.59 Å². The van der Waals surface area contributed by atoms with Crippen molar-refractivity contribution in [3.8, 4) is 17.6 Å². The zero-order valence-electron chi connectivity index (χ0n) is 18.9. The standard InChI is InChI=1S/C22H22N2O8S2/c1-21(33-19(27)29-3)17(25)16-15(11-5-6-13-14(7-11)32-10-31-13)12(9-23)8-22(16,18(26)24(21)2)34-20(28)30-4/h5-7,12,15-16H,8,10H2,1-4H3/t12?,15-,16?,21?,22?/m0/s1. The number of hydrogen-bond donors (Lipinski definition) is 0. The summed E-state index contributed by atoms with van der Waals surface area (Å²) in [5.74, 6) is -2.59. The van der Waals surface area contributed by atoms with Crippen LogP contribution in [0.1, 0.15) is 24.8 Å². The van der Waals surface area contributed by atoms with Gasteiger partial charge in [0.25, 0.3) is 0 Å². The lowest BCUT2D eigenvalue weighted by molar-refractivity contribution is -0.151. The molecule has 2 heterocycles. The van der Waals surface area contributed by atoms with Crippen LogP contribution in [0.15, 0.2) is 18.2 Å². The fraction of sp³-hybridized carbons (Fsp3) is 0.500. The second kappa shape index (κ2) is 8.70. The lowest BCUT2D eigenvalue weighted by Crippen LogP contribution is -2.67. The Labute approximate surface area is 204 Å². The third-order valence-corrected chi connectivity index (χ3v) is 9.19. The number of benzene rings is 1. The Morgan fingerprint density at radius 1 is 1.15 bits per heavy atom. The highest BCUT2D eigenvalue weighted by Crippen LogP contribution is 2.62. The molecule has 4 unspecified atom stereocenters. The minimum atomic E-state index is -1.60. The summed E-state index contributed by atoms with van der Waals surface area (Å²) in [7, 11) is 3.77. The SMILES string of the molecule is COC(=O)SC12CC(C#N)[C@H](c3ccc4c(c3)OCO4)C1C(=O)C(C)(SC(=O)OC)N(C)C2=O. The number of fused-ring (bicyclic) bond motifs is 2. The van der Waals surface area contributed by atoms with Crippen LogP contribution < -0.4 is 9.47 Å². The molecule has 1 saturated carbocycles. The van der Waals surface area contributed by atoms with E-state index in [1.54, 1.807) is 18.2 Å². The summed E-state index contributed by atoms with van der Waals surface area (Å²) in [4.78, 5) is 52.1. The van der Waals surface area contributed by atoms with Crippen LogP contribution in [0.2, 0.25) is 0 Å². The number of likely N-dealkylation sites (N-methyl/N-ethyl adjacent to an activating group) is 1. The van der Waals surface area contributed by atoms with Gasteiger partial charge in [0.1, 0.15) is 4.75 Å². The topological polar surface area (TPSA) is 132 Å². The first kappa shape index (κ1) is 24.2. The number of hydrogen-bond acceptors (Lipinski definition) is 11. The Balaban J connectivity index is 1.89. The van der Waals surface area contributed by atoms with Crippen molar-refractivity contribution >= 4 is 45.8 Å². The van der Waals surface area contributed by atoms with Crippen molar-refractivity contribution in [2.24, 2.45) is 11.8 Å². The zero-order chi connectivity index (χ0) is 24.8. The number of nitrogens with zero attached hydrogens (tertiary/aromatic N) is 2. The molecule has 2 fully saturated rings. The number of nitriles is 1. The van der Waals surface area contributed by atoms with Gasteiger partial charge in [-0.05, 0) is 54.6 Å². The van der Waals surface area contributed by atoms with Crippen molar-refractivity contribution in [1.29, 1.82) is 5.26 Å². The van der Waals surface area contributed by atoms with Crippen LogP contribution in [-0.4, -0.2) is 64.9 Å². The second-order valence-electron chi connectivity index (χ2n) is 8.27. The monoisotopic (exact) mass is 506 g/mol. The summed E-state index contributed by atoms with van der Waals surface area (Å²) < 4.78 is 18.8. The molecule has 0 radical (unpaired) electrons. The van der Waals surface area contributed by atoms with Gasteiger partial charge in [0.05, 0.1) is 32.1 Å². The minimum Gasteiger partial charge on any atom is -0.461 e. The highest BCUT2D eigenvalue weighted by atomic mass is 32.2.